The Morgan fingerprint density at radius 3 is 1.43 bits per heavy atom. The summed E-state index contributed by atoms with van der Waals surface area (Å²) in [6.45, 7) is 2.91. The van der Waals surface area contributed by atoms with E-state index in [1.54, 1.807) is 0 Å². The molecule has 0 aliphatic carbocycles. The number of rotatable bonds is 7. The van der Waals surface area contributed by atoms with Crippen molar-refractivity contribution < 1.29 is 39.6 Å². The highest BCUT2D eigenvalue weighted by Crippen LogP contribution is 2.40. The predicted molar refractivity (Wildman–Crippen MR) is 72.5 cm³/mol. The van der Waals surface area contributed by atoms with Gasteiger partial charge in [0.25, 0.3) is 0 Å². The largest absolute Gasteiger partial charge is 0.390 e. The van der Waals surface area contributed by atoms with E-state index in [4.69, 9.17) is 0 Å². The number of aliphatic hydroxyl groups excluding tert-OH is 1. The molecule has 0 bridgehead atoms. The topological polar surface area (TPSA) is 149 Å². The molecular weight excluding hydrogens is 352 g/mol. The molecule has 0 aliphatic heterocycles. The van der Waals surface area contributed by atoms with Crippen LogP contribution in [0.4, 0.5) is 0 Å². The normalized spacial score (nSPS) is 21.4. The van der Waals surface area contributed by atoms with Crippen molar-refractivity contribution in [2.24, 2.45) is 0 Å². The number of Topliss-reactive ketones (excluding diaryl/α,β-unsaturated/α-hetero) is 3. The first-order valence-electron chi connectivity index (χ1n) is 5.80. The third-order valence-corrected chi connectivity index (χ3v) is 4.09. The number of hydrogen-bond acceptors (Lipinski definition) is 8. The van der Waals surface area contributed by atoms with E-state index in [0.29, 0.717) is 13.8 Å². The predicted octanol–water partition coefficient (Wildman–Crippen LogP) is -1.75. The Hall–Kier alpha value is -1.00. The molecule has 0 saturated heterocycles. The van der Waals surface area contributed by atoms with E-state index in [1.807, 2.05) is 0 Å². The lowest BCUT2D eigenvalue weighted by Crippen LogP contribution is -2.80. The first kappa shape index (κ1) is 20.0. The standard InChI is InChI=1S/C12H17BrO8/c1-5(14)10(19,6(2)15)12(21,8(4)17)11(20,7(3)16)9(13)18/h5,14,19-21H,1-4H3/t5-,10-,11+,12+/m0/s1. The Morgan fingerprint density at radius 1 is 0.905 bits per heavy atom. The number of halogens is 1. The van der Waals surface area contributed by atoms with Crippen molar-refractivity contribution >= 4 is 38.0 Å². The Balaban J connectivity index is 6.85. The summed E-state index contributed by atoms with van der Waals surface area (Å²) in [5, 5.41) is 40.7. The molecule has 0 aromatic heterocycles. The molecule has 0 aromatic rings. The molecule has 21 heavy (non-hydrogen) atoms. The second-order valence-electron chi connectivity index (χ2n) is 4.81. The van der Waals surface area contributed by atoms with Gasteiger partial charge in [-0.05, 0) is 43.6 Å². The van der Waals surface area contributed by atoms with Crippen molar-refractivity contribution in [1.29, 1.82) is 0 Å². The molecule has 120 valence electrons. The van der Waals surface area contributed by atoms with Crippen LogP contribution in [-0.4, -0.2) is 65.4 Å². The zero-order valence-electron chi connectivity index (χ0n) is 11.9. The van der Waals surface area contributed by atoms with Gasteiger partial charge in [-0.1, -0.05) is 0 Å². The van der Waals surface area contributed by atoms with E-state index >= 15 is 0 Å². The van der Waals surface area contributed by atoms with Crippen molar-refractivity contribution in [3.8, 4) is 0 Å². The summed E-state index contributed by atoms with van der Waals surface area (Å²) in [4.78, 5) is 46.7. The van der Waals surface area contributed by atoms with Crippen molar-refractivity contribution in [2.45, 2.75) is 50.6 Å². The average Bonchev–Trinajstić information content (AvgIpc) is 2.33. The zero-order valence-corrected chi connectivity index (χ0v) is 13.5. The smallest absolute Gasteiger partial charge is 0.240 e. The van der Waals surface area contributed by atoms with Gasteiger partial charge in [-0.15, -0.1) is 0 Å². The number of carbonyl (C=O) groups excluding carboxylic acids is 4. The molecule has 0 aromatic carbocycles. The van der Waals surface area contributed by atoms with Gasteiger partial charge in [0, 0.05) is 0 Å². The SMILES string of the molecule is CC(=O)[C@@](O)(C(=O)Br)[C@@](O)(C(C)=O)[C@@](O)(C(C)=O)[C@H](C)O. The van der Waals surface area contributed by atoms with Gasteiger partial charge in [0.05, 0.1) is 6.10 Å². The van der Waals surface area contributed by atoms with Gasteiger partial charge in [-0.3, -0.25) is 19.2 Å². The van der Waals surface area contributed by atoms with Gasteiger partial charge in [-0.25, -0.2) is 0 Å². The Kier molecular flexibility index (Phi) is 5.73. The molecule has 4 atom stereocenters. The maximum Gasteiger partial charge on any atom is 0.240 e. The monoisotopic (exact) mass is 368 g/mol. The van der Waals surface area contributed by atoms with Crippen molar-refractivity contribution in [2.75, 3.05) is 0 Å². The summed E-state index contributed by atoms with van der Waals surface area (Å²) >= 11 is 2.27. The van der Waals surface area contributed by atoms with Gasteiger partial charge >= 0.3 is 0 Å². The van der Waals surface area contributed by atoms with Gasteiger partial charge in [0.2, 0.25) is 15.9 Å². The highest BCUT2D eigenvalue weighted by atomic mass is 79.9. The molecule has 0 amide bonds. The molecule has 4 N–H and O–H groups in total. The number of ketones is 3. The minimum atomic E-state index is -3.58. The van der Waals surface area contributed by atoms with Crippen LogP contribution in [0.5, 0.6) is 0 Å². The fraction of sp³-hybridized carbons (Fsp3) is 0.667. The van der Waals surface area contributed by atoms with E-state index in [0.717, 1.165) is 13.8 Å². The van der Waals surface area contributed by atoms with Crippen molar-refractivity contribution in [1.82, 2.24) is 0 Å². The third-order valence-electron chi connectivity index (χ3n) is 3.52. The van der Waals surface area contributed by atoms with Crippen LogP contribution in [0.25, 0.3) is 0 Å². The van der Waals surface area contributed by atoms with E-state index < -0.39 is 44.9 Å². The quantitative estimate of drug-likeness (QED) is 0.305. The molecule has 0 heterocycles. The van der Waals surface area contributed by atoms with Crippen molar-refractivity contribution in [3.63, 3.8) is 0 Å². The summed E-state index contributed by atoms with van der Waals surface area (Å²) < 4.78 is -1.54. The lowest BCUT2D eigenvalue weighted by atomic mass is 9.64. The number of carbonyl (C=O) groups is 4. The van der Waals surface area contributed by atoms with Gasteiger partial charge in [0.15, 0.2) is 23.0 Å². The fourth-order valence-corrected chi connectivity index (χ4v) is 2.75. The summed E-state index contributed by atoms with van der Waals surface area (Å²) in [5.41, 5.74) is -10.3. The van der Waals surface area contributed by atoms with Crippen LogP contribution in [0.1, 0.15) is 27.7 Å². The molecule has 0 aliphatic rings. The molecule has 0 unspecified atom stereocenters. The molecular formula is C12H17BrO8. The highest BCUT2D eigenvalue weighted by molar-refractivity contribution is 9.18. The molecule has 0 spiro atoms. The van der Waals surface area contributed by atoms with Gasteiger partial charge in [-0.2, -0.15) is 0 Å². The molecule has 0 saturated carbocycles. The van der Waals surface area contributed by atoms with E-state index in [-0.39, 0.29) is 0 Å². The second-order valence-corrected chi connectivity index (χ2v) is 5.53. The maximum atomic E-state index is 11.8. The highest BCUT2D eigenvalue weighted by Gasteiger charge is 2.73. The van der Waals surface area contributed by atoms with Gasteiger partial charge < -0.3 is 20.4 Å². The van der Waals surface area contributed by atoms with E-state index in [2.05, 4.69) is 15.9 Å². The minimum Gasteiger partial charge on any atom is -0.390 e. The summed E-state index contributed by atoms with van der Waals surface area (Å²) in [6.07, 6.45) is -2.07. The van der Waals surface area contributed by atoms with E-state index in [1.165, 1.54) is 0 Å². The second kappa shape index (κ2) is 6.01. The Labute approximate surface area is 128 Å². The van der Waals surface area contributed by atoms with Gasteiger partial charge in [0.1, 0.15) is 0 Å². The summed E-state index contributed by atoms with van der Waals surface area (Å²) in [5.74, 6) is -4.17. The molecule has 0 fully saturated rings. The minimum absolute atomic E-state index is 0.653. The van der Waals surface area contributed by atoms with Crippen LogP contribution >= 0.6 is 15.9 Å². The Morgan fingerprint density at radius 2 is 1.29 bits per heavy atom. The van der Waals surface area contributed by atoms with Crippen LogP contribution in [0.2, 0.25) is 0 Å². The Bertz CT molecular complexity index is 485. The zero-order chi connectivity index (χ0) is 17.4. The van der Waals surface area contributed by atoms with E-state index in [9.17, 15) is 39.6 Å². The number of aliphatic hydroxyl groups is 4. The molecule has 0 rings (SSSR count). The van der Waals surface area contributed by atoms with Crippen LogP contribution < -0.4 is 0 Å². The molecule has 9 heteroatoms. The van der Waals surface area contributed by atoms with Crippen LogP contribution in [0, 0.1) is 0 Å². The van der Waals surface area contributed by atoms with Crippen LogP contribution in [-0.2, 0) is 19.2 Å². The fourth-order valence-electron chi connectivity index (χ4n) is 2.19. The maximum absolute atomic E-state index is 11.8. The first-order chi connectivity index (χ1) is 9.22. The summed E-state index contributed by atoms with van der Waals surface area (Å²) in [7, 11) is 0. The number of hydrogen-bond donors (Lipinski definition) is 4. The van der Waals surface area contributed by atoms with Crippen molar-refractivity contribution in [3.05, 3.63) is 0 Å². The molecule has 0 radical (unpaired) electrons. The lowest BCUT2D eigenvalue weighted by Gasteiger charge is -2.48. The summed E-state index contributed by atoms with van der Waals surface area (Å²) in [6, 6.07) is 0. The third kappa shape index (κ3) is 2.49. The van der Waals surface area contributed by atoms with Crippen LogP contribution in [0.3, 0.4) is 0 Å². The average molecular weight is 369 g/mol. The van der Waals surface area contributed by atoms with Crippen LogP contribution in [0.15, 0.2) is 0 Å². The first-order valence-corrected chi connectivity index (χ1v) is 6.59. The molecule has 8 nitrogen and oxygen atoms in total. The lowest BCUT2D eigenvalue weighted by molar-refractivity contribution is -0.239.